The van der Waals surface area contributed by atoms with Gasteiger partial charge in [-0.1, -0.05) is 30.3 Å². The largest absolute Gasteiger partial charge is 0.454 e. The third kappa shape index (κ3) is 2.72. The van der Waals surface area contributed by atoms with Crippen LogP contribution >= 0.6 is 0 Å². The number of hydrogen-bond donors (Lipinski definition) is 0. The van der Waals surface area contributed by atoms with Crippen LogP contribution in [-0.4, -0.2) is 29.1 Å². The van der Waals surface area contributed by atoms with Crippen LogP contribution in [0.2, 0.25) is 0 Å². The van der Waals surface area contributed by atoms with Crippen LogP contribution in [0.3, 0.4) is 0 Å². The molecular weight excluding hydrogens is 340 g/mol. The Balaban J connectivity index is 1.63. The van der Waals surface area contributed by atoms with Gasteiger partial charge in [-0.05, 0) is 47.4 Å². The molecule has 27 heavy (non-hydrogen) atoms. The van der Waals surface area contributed by atoms with Gasteiger partial charge < -0.3 is 14.4 Å². The summed E-state index contributed by atoms with van der Waals surface area (Å²) in [4.78, 5) is 19.3. The Morgan fingerprint density at radius 2 is 1.85 bits per heavy atom. The van der Waals surface area contributed by atoms with Crippen molar-refractivity contribution in [3.63, 3.8) is 0 Å². The molecule has 0 saturated carbocycles. The van der Waals surface area contributed by atoms with Gasteiger partial charge in [-0.15, -0.1) is 0 Å². The fourth-order valence-electron chi connectivity index (χ4n) is 3.88. The van der Waals surface area contributed by atoms with E-state index in [9.17, 15) is 4.79 Å². The van der Waals surface area contributed by atoms with Crippen LogP contribution in [0.25, 0.3) is 0 Å². The van der Waals surface area contributed by atoms with Crippen molar-refractivity contribution in [1.29, 1.82) is 0 Å². The monoisotopic (exact) mass is 358 g/mol. The van der Waals surface area contributed by atoms with Crippen molar-refractivity contribution in [3.05, 3.63) is 89.2 Å². The molecule has 1 atom stereocenters. The Morgan fingerprint density at radius 1 is 1.04 bits per heavy atom. The summed E-state index contributed by atoms with van der Waals surface area (Å²) in [5.41, 5.74) is 3.97. The predicted octanol–water partition coefficient (Wildman–Crippen LogP) is 3.60. The summed E-state index contributed by atoms with van der Waals surface area (Å²) in [7, 11) is 0. The molecule has 1 aromatic heterocycles. The Labute approximate surface area is 157 Å². The van der Waals surface area contributed by atoms with Gasteiger partial charge in [0.15, 0.2) is 11.5 Å². The van der Waals surface area contributed by atoms with Crippen LogP contribution in [0.15, 0.2) is 67.0 Å². The summed E-state index contributed by atoms with van der Waals surface area (Å²) in [6.07, 6.45) is 4.08. The lowest BCUT2D eigenvalue weighted by Crippen LogP contribution is -2.40. The Kier molecular flexibility index (Phi) is 3.78. The average molecular weight is 358 g/mol. The van der Waals surface area contributed by atoms with Gasteiger partial charge >= 0.3 is 0 Å². The van der Waals surface area contributed by atoms with Gasteiger partial charge in [-0.25, -0.2) is 0 Å². The maximum atomic E-state index is 13.3. The maximum Gasteiger partial charge on any atom is 0.256 e. The maximum absolute atomic E-state index is 13.3. The molecule has 1 amide bonds. The smallest absolute Gasteiger partial charge is 0.256 e. The van der Waals surface area contributed by atoms with E-state index in [1.165, 1.54) is 5.56 Å². The third-order valence-electron chi connectivity index (χ3n) is 5.15. The lowest BCUT2D eigenvalue weighted by Gasteiger charge is -2.38. The van der Waals surface area contributed by atoms with Crippen molar-refractivity contribution < 1.29 is 14.3 Å². The zero-order chi connectivity index (χ0) is 18.2. The molecule has 5 heteroatoms. The summed E-state index contributed by atoms with van der Waals surface area (Å²) in [5.74, 6) is 1.51. The van der Waals surface area contributed by atoms with E-state index < -0.39 is 0 Å². The number of carbonyl (C=O) groups excluding carboxylic acids is 1. The second-order valence-electron chi connectivity index (χ2n) is 6.71. The summed E-state index contributed by atoms with van der Waals surface area (Å²) >= 11 is 0. The number of aromatic nitrogens is 1. The van der Waals surface area contributed by atoms with Gasteiger partial charge in [-0.2, -0.15) is 0 Å². The standard InChI is InChI=1S/C22H18N2O3/c25-22(17-7-4-9-23-13-17)24-10-8-16-11-19-20(27-14-26-19)12-18(16)21(24)15-5-2-1-3-6-15/h1-7,9,11-13,21H,8,10,14H2. The van der Waals surface area contributed by atoms with E-state index in [0.717, 1.165) is 29.0 Å². The number of rotatable bonds is 2. The Hall–Kier alpha value is -3.34. The second kappa shape index (κ2) is 6.43. The van der Waals surface area contributed by atoms with Crippen LogP contribution in [-0.2, 0) is 6.42 Å². The highest BCUT2D eigenvalue weighted by Gasteiger charge is 2.34. The Bertz CT molecular complexity index is 989. The normalized spacial score (nSPS) is 17.5. The van der Waals surface area contributed by atoms with E-state index in [1.807, 2.05) is 35.2 Å². The van der Waals surface area contributed by atoms with E-state index in [2.05, 4.69) is 23.2 Å². The van der Waals surface area contributed by atoms with Gasteiger partial charge in [0.2, 0.25) is 6.79 Å². The van der Waals surface area contributed by atoms with Gasteiger partial charge in [0.1, 0.15) is 0 Å². The summed E-state index contributed by atoms with van der Waals surface area (Å²) in [5, 5.41) is 0. The first-order valence-corrected chi connectivity index (χ1v) is 8.99. The first-order valence-electron chi connectivity index (χ1n) is 8.99. The van der Waals surface area contributed by atoms with Gasteiger partial charge in [0.25, 0.3) is 5.91 Å². The molecule has 5 nitrogen and oxygen atoms in total. The highest BCUT2D eigenvalue weighted by Crippen LogP contribution is 2.43. The molecule has 2 aliphatic rings. The predicted molar refractivity (Wildman–Crippen MR) is 99.8 cm³/mol. The summed E-state index contributed by atoms with van der Waals surface area (Å²) in [6.45, 7) is 0.881. The molecule has 0 aliphatic carbocycles. The number of fused-ring (bicyclic) bond motifs is 2. The number of carbonyl (C=O) groups is 1. The number of hydrogen-bond acceptors (Lipinski definition) is 4. The zero-order valence-corrected chi connectivity index (χ0v) is 14.7. The first-order chi connectivity index (χ1) is 13.3. The van der Waals surface area contributed by atoms with Crippen molar-refractivity contribution in [2.75, 3.05) is 13.3 Å². The van der Waals surface area contributed by atoms with Gasteiger partial charge in [-0.3, -0.25) is 9.78 Å². The van der Waals surface area contributed by atoms with Crippen molar-refractivity contribution in [2.45, 2.75) is 12.5 Å². The van der Waals surface area contributed by atoms with Gasteiger partial charge in [0, 0.05) is 18.9 Å². The number of benzene rings is 2. The van der Waals surface area contributed by atoms with E-state index in [4.69, 9.17) is 9.47 Å². The van der Waals surface area contributed by atoms with E-state index in [-0.39, 0.29) is 18.7 Å². The zero-order valence-electron chi connectivity index (χ0n) is 14.7. The minimum atomic E-state index is -0.169. The molecule has 0 radical (unpaired) electrons. The van der Waals surface area contributed by atoms with Crippen molar-refractivity contribution >= 4 is 5.91 Å². The van der Waals surface area contributed by atoms with Crippen molar-refractivity contribution in [1.82, 2.24) is 9.88 Å². The molecule has 0 bridgehead atoms. The van der Waals surface area contributed by atoms with Crippen LogP contribution < -0.4 is 9.47 Å². The average Bonchev–Trinajstić information content (AvgIpc) is 3.19. The minimum absolute atomic E-state index is 0.0136. The lowest BCUT2D eigenvalue weighted by molar-refractivity contribution is 0.0694. The Morgan fingerprint density at radius 3 is 2.63 bits per heavy atom. The van der Waals surface area contributed by atoms with Crippen LogP contribution in [0.5, 0.6) is 11.5 Å². The van der Waals surface area contributed by atoms with E-state index in [0.29, 0.717) is 12.1 Å². The molecule has 0 spiro atoms. The summed E-state index contributed by atoms with van der Waals surface area (Å²) in [6, 6.07) is 17.6. The first kappa shape index (κ1) is 15.9. The molecule has 0 fully saturated rings. The van der Waals surface area contributed by atoms with E-state index >= 15 is 0 Å². The fraction of sp³-hybridized carbons (Fsp3) is 0.182. The number of amides is 1. The molecule has 0 saturated heterocycles. The second-order valence-corrected chi connectivity index (χ2v) is 6.71. The number of ether oxygens (including phenoxy) is 2. The van der Waals surface area contributed by atoms with Crippen molar-refractivity contribution in [3.8, 4) is 11.5 Å². The molecular formula is C22H18N2O3. The quantitative estimate of drug-likeness (QED) is 0.702. The minimum Gasteiger partial charge on any atom is -0.454 e. The molecule has 3 heterocycles. The van der Waals surface area contributed by atoms with Crippen LogP contribution in [0.4, 0.5) is 0 Å². The number of pyridine rings is 1. The highest BCUT2D eigenvalue weighted by molar-refractivity contribution is 5.94. The summed E-state index contributed by atoms with van der Waals surface area (Å²) < 4.78 is 11.1. The SMILES string of the molecule is O=C(c1cccnc1)N1CCc2cc3c(cc2C1c1ccccc1)OCO3. The lowest BCUT2D eigenvalue weighted by atomic mass is 9.87. The molecule has 3 aromatic rings. The number of nitrogens with zero attached hydrogens (tertiary/aromatic N) is 2. The fourth-order valence-corrected chi connectivity index (χ4v) is 3.88. The molecule has 0 N–H and O–H groups in total. The molecule has 1 unspecified atom stereocenters. The third-order valence-corrected chi connectivity index (χ3v) is 5.15. The molecule has 5 rings (SSSR count). The van der Waals surface area contributed by atoms with Crippen molar-refractivity contribution in [2.24, 2.45) is 0 Å². The molecule has 134 valence electrons. The van der Waals surface area contributed by atoms with E-state index in [1.54, 1.807) is 18.5 Å². The highest BCUT2D eigenvalue weighted by atomic mass is 16.7. The topological polar surface area (TPSA) is 51.7 Å². The van der Waals surface area contributed by atoms with Crippen LogP contribution in [0.1, 0.15) is 33.1 Å². The van der Waals surface area contributed by atoms with Crippen LogP contribution in [0, 0.1) is 0 Å². The van der Waals surface area contributed by atoms with Gasteiger partial charge in [0.05, 0.1) is 11.6 Å². The molecule has 2 aromatic carbocycles. The molecule has 2 aliphatic heterocycles.